The van der Waals surface area contributed by atoms with Crippen LogP contribution in [0, 0.1) is 0 Å². The van der Waals surface area contributed by atoms with Crippen LogP contribution in [0.1, 0.15) is 41.5 Å². The van der Waals surface area contributed by atoms with E-state index in [1.807, 2.05) is 0 Å². The molecule has 4 rings (SSSR count). The molecular formula is C27H27N3O12. The molecule has 3 fully saturated rings. The molecule has 0 bridgehead atoms. The van der Waals surface area contributed by atoms with Gasteiger partial charge in [0.1, 0.15) is 0 Å². The van der Waals surface area contributed by atoms with E-state index in [2.05, 4.69) is 16.0 Å². The van der Waals surface area contributed by atoms with Crippen molar-refractivity contribution in [3.63, 3.8) is 0 Å². The molecule has 42 heavy (non-hydrogen) atoms. The van der Waals surface area contributed by atoms with E-state index >= 15 is 0 Å². The first-order chi connectivity index (χ1) is 19.4. The van der Waals surface area contributed by atoms with Gasteiger partial charge in [-0.1, -0.05) is 0 Å². The highest BCUT2D eigenvalue weighted by Crippen LogP contribution is 2.28. The average molecular weight is 586 g/mol. The predicted octanol–water partition coefficient (Wildman–Crippen LogP) is 2.08. The fourth-order valence-electron chi connectivity index (χ4n) is 3.68. The first kappa shape index (κ1) is 29.6. The van der Waals surface area contributed by atoms with Crippen LogP contribution in [0.5, 0.6) is 0 Å². The van der Waals surface area contributed by atoms with Gasteiger partial charge in [-0.05, 0) is 18.2 Å². The van der Waals surface area contributed by atoms with Crippen molar-refractivity contribution in [2.45, 2.75) is 58.9 Å². The maximum atomic E-state index is 12.3. The van der Waals surface area contributed by atoms with Crippen molar-refractivity contribution < 1.29 is 57.2 Å². The van der Waals surface area contributed by atoms with Gasteiger partial charge in [0.15, 0.2) is 16.7 Å². The lowest BCUT2D eigenvalue weighted by Crippen LogP contribution is -2.42. The first-order valence-electron chi connectivity index (χ1n) is 12.4. The summed E-state index contributed by atoms with van der Waals surface area (Å²) in [6.07, 6.45) is 3.20. The minimum absolute atomic E-state index is 0.252. The number of rotatable bonds is 6. The largest absolute Gasteiger partial charge is 0.419 e. The maximum absolute atomic E-state index is 12.3. The number of ether oxygens (including phenoxy) is 6. The lowest BCUT2D eigenvalue weighted by atomic mass is 10.2. The summed E-state index contributed by atoms with van der Waals surface area (Å²) in [7, 11) is 0. The summed E-state index contributed by atoms with van der Waals surface area (Å²) in [4.78, 5) is 73.8. The van der Waals surface area contributed by atoms with E-state index in [1.54, 1.807) is 0 Å². The molecule has 0 atom stereocenters. The van der Waals surface area contributed by atoms with Crippen molar-refractivity contribution >= 4 is 52.9 Å². The molecule has 3 aliphatic heterocycles. The van der Waals surface area contributed by atoms with Gasteiger partial charge in [0, 0.05) is 77.2 Å². The van der Waals surface area contributed by atoms with E-state index in [4.69, 9.17) is 28.4 Å². The number of anilines is 3. The minimum atomic E-state index is -1.43. The summed E-state index contributed by atoms with van der Waals surface area (Å²) in [6, 6.07) is 4.43. The maximum Gasteiger partial charge on any atom is 0.350 e. The van der Waals surface area contributed by atoms with E-state index in [0.717, 1.165) is 18.6 Å². The molecule has 1 aromatic carbocycles. The van der Waals surface area contributed by atoms with Gasteiger partial charge in [-0.2, -0.15) is 0 Å². The lowest BCUT2D eigenvalue weighted by molar-refractivity contribution is -0.224. The number of hydrogen-bond donors (Lipinski definition) is 3. The Bertz CT molecular complexity index is 1240. The third-order valence-electron chi connectivity index (χ3n) is 5.43. The van der Waals surface area contributed by atoms with Crippen LogP contribution < -0.4 is 16.0 Å². The summed E-state index contributed by atoms with van der Waals surface area (Å²) in [5.74, 6) is -9.79. The SMILES string of the molecule is CC1(C)OC(=O)C(=CNc2cc(NC=C3C(=O)OC(C)(C)OC3=O)cc(NC=C3C(=O)OC(C)(C)OC3=O)c2)C(=O)O1. The molecule has 0 aliphatic carbocycles. The zero-order valence-electron chi connectivity index (χ0n) is 23.4. The predicted molar refractivity (Wildman–Crippen MR) is 140 cm³/mol. The van der Waals surface area contributed by atoms with Crippen LogP contribution >= 0.6 is 0 Å². The van der Waals surface area contributed by atoms with Gasteiger partial charge in [-0.25, -0.2) is 28.8 Å². The normalized spacial score (nSPS) is 20.6. The van der Waals surface area contributed by atoms with Gasteiger partial charge in [-0.3, -0.25) is 0 Å². The van der Waals surface area contributed by atoms with Gasteiger partial charge < -0.3 is 44.4 Å². The van der Waals surface area contributed by atoms with Gasteiger partial charge in [0.05, 0.1) is 0 Å². The molecule has 1 aromatic rings. The number of carbonyl (C=O) groups is 6. The molecule has 222 valence electrons. The Balaban J connectivity index is 1.63. The molecule has 3 saturated heterocycles. The van der Waals surface area contributed by atoms with Crippen molar-refractivity contribution in [3.05, 3.63) is 53.5 Å². The second-order valence-electron chi connectivity index (χ2n) is 10.4. The van der Waals surface area contributed by atoms with Gasteiger partial charge in [0.2, 0.25) is 0 Å². The standard InChI is InChI=1S/C27H27N3O12/c1-25(2)37-19(31)16(20(32)38-25)10-28-13-7-14(29-11-17-21(33)39-26(3,4)40-22(17)34)9-15(8-13)30-12-18-23(35)41-27(5,6)42-24(18)36/h7-12,28-30H,1-6H3. The summed E-state index contributed by atoms with van der Waals surface area (Å²) < 4.78 is 30.4. The Morgan fingerprint density at radius 2 is 0.619 bits per heavy atom. The highest BCUT2D eigenvalue weighted by Gasteiger charge is 2.41. The fourth-order valence-corrected chi connectivity index (χ4v) is 3.68. The van der Waals surface area contributed by atoms with Crippen LogP contribution in [0.25, 0.3) is 0 Å². The topological polar surface area (TPSA) is 194 Å². The van der Waals surface area contributed by atoms with Crippen LogP contribution in [-0.2, 0) is 57.2 Å². The van der Waals surface area contributed by atoms with Crippen molar-refractivity contribution in [2.75, 3.05) is 16.0 Å². The quantitative estimate of drug-likeness (QED) is 0.190. The summed E-state index contributed by atoms with van der Waals surface area (Å²) in [6.45, 7) is 8.42. The van der Waals surface area contributed by atoms with Crippen LogP contribution in [0.2, 0.25) is 0 Å². The second-order valence-corrected chi connectivity index (χ2v) is 10.4. The summed E-state index contributed by atoms with van der Waals surface area (Å²) >= 11 is 0. The molecular weight excluding hydrogens is 558 g/mol. The number of esters is 6. The number of hydrogen-bond acceptors (Lipinski definition) is 15. The fraction of sp³-hybridized carbons (Fsp3) is 0.333. The zero-order chi connectivity index (χ0) is 31.0. The molecule has 3 N–H and O–H groups in total. The molecule has 15 nitrogen and oxygen atoms in total. The van der Waals surface area contributed by atoms with E-state index in [9.17, 15) is 28.8 Å². The van der Waals surface area contributed by atoms with Crippen molar-refractivity contribution in [1.29, 1.82) is 0 Å². The monoisotopic (exact) mass is 585 g/mol. The molecule has 0 unspecified atom stereocenters. The Labute approximate surface area is 238 Å². The Kier molecular flexibility index (Phi) is 7.46. The van der Waals surface area contributed by atoms with Crippen molar-refractivity contribution in [1.82, 2.24) is 0 Å². The summed E-state index contributed by atoms with van der Waals surface area (Å²) in [5.41, 5.74) is -0.502. The van der Waals surface area contributed by atoms with Gasteiger partial charge in [0.25, 0.3) is 17.4 Å². The van der Waals surface area contributed by atoms with Crippen LogP contribution in [-0.4, -0.2) is 53.2 Å². The average Bonchev–Trinajstić information content (AvgIpc) is 2.80. The molecule has 15 heteroatoms. The van der Waals surface area contributed by atoms with Crippen molar-refractivity contribution in [2.24, 2.45) is 0 Å². The molecule has 3 aliphatic rings. The molecule has 0 saturated carbocycles. The smallest absolute Gasteiger partial charge is 0.350 e. The van der Waals surface area contributed by atoms with Crippen LogP contribution in [0.4, 0.5) is 17.1 Å². The highest BCUT2D eigenvalue weighted by molar-refractivity contribution is 6.16. The second kappa shape index (κ2) is 10.6. The molecule has 3 heterocycles. The molecule has 0 spiro atoms. The number of nitrogens with one attached hydrogen (secondary N) is 3. The van der Waals surface area contributed by atoms with E-state index < -0.39 is 69.9 Å². The Morgan fingerprint density at radius 1 is 0.429 bits per heavy atom. The van der Waals surface area contributed by atoms with Crippen LogP contribution in [0.3, 0.4) is 0 Å². The lowest BCUT2D eigenvalue weighted by Gasteiger charge is -2.29. The first-order valence-corrected chi connectivity index (χ1v) is 12.4. The van der Waals surface area contributed by atoms with E-state index in [0.29, 0.717) is 0 Å². The minimum Gasteiger partial charge on any atom is -0.419 e. The number of cyclic esters (lactones) is 6. The van der Waals surface area contributed by atoms with Crippen molar-refractivity contribution in [3.8, 4) is 0 Å². The Morgan fingerprint density at radius 3 is 0.810 bits per heavy atom. The van der Waals surface area contributed by atoms with E-state index in [-0.39, 0.29) is 17.1 Å². The zero-order valence-corrected chi connectivity index (χ0v) is 23.4. The van der Waals surface area contributed by atoms with Gasteiger partial charge >= 0.3 is 35.8 Å². The third kappa shape index (κ3) is 6.86. The Hall–Kier alpha value is -5.34. The van der Waals surface area contributed by atoms with E-state index in [1.165, 1.54) is 59.7 Å². The summed E-state index contributed by atoms with van der Waals surface area (Å²) in [5, 5.41) is 8.29. The molecule has 0 amide bonds. The third-order valence-corrected chi connectivity index (χ3v) is 5.43. The van der Waals surface area contributed by atoms with Crippen LogP contribution in [0.15, 0.2) is 53.5 Å². The number of carbonyl (C=O) groups excluding carboxylic acids is 6. The molecule has 0 aromatic heterocycles. The highest BCUT2D eigenvalue weighted by atomic mass is 16.8. The van der Waals surface area contributed by atoms with Gasteiger partial charge in [-0.15, -0.1) is 0 Å². The molecule has 0 radical (unpaired) electrons. The number of benzene rings is 1.